The van der Waals surface area contributed by atoms with E-state index in [4.69, 9.17) is 22.4 Å². The second kappa shape index (κ2) is 5.20. The zero-order valence-electron chi connectivity index (χ0n) is 8.56. The molecule has 0 amide bonds. The van der Waals surface area contributed by atoms with Gasteiger partial charge < -0.3 is 10.8 Å². The molecule has 0 aliphatic carbocycles. The van der Waals surface area contributed by atoms with E-state index in [1.54, 1.807) is 0 Å². The minimum Gasteiger partial charge on any atom is -0.396 e. The van der Waals surface area contributed by atoms with E-state index in [-0.39, 0.29) is 6.42 Å². The molecule has 0 heterocycles. The molecule has 0 aliphatic heterocycles. The van der Waals surface area contributed by atoms with Gasteiger partial charge in [-0.1, -0.05) is 11.6 Å². The van der Waals surface area contributed by atoms with Gasteiger partial charge in [-0.25, -0.2) is 4.39 Å². The minimum absolute atomic E-state index is 0.180. The zero-order chi connectivity index (χ0) is 13.2. The van der Waals surface area contributed by atoms with Gasteiger partial charge in [0.2, 0.25) is 0 Å². The average Bonchev–Trinajstić information content (AvgIpc) is 2.20. The first-order valence-corrected chi connectivity index (χ1v) is 5.08. The highest BCUT2D eigenvalue weighted by Crippen LogP contribution is 2.38. The molecular weight excluding hydrogens is 262 g/mol. The van der Waals surface area contributed by atoms with Crippen molar-refractivity contribution in [2.45, 2.75) is 18.6 Å². The van der Waals surface area contributed by atoms with Gasteiger partial charge in [-0.15, -0.1) is 0 Å². The van der Waals surface area contributed by atoms with Crippen LogP contribution in [0.3, 0.4) is 0 Å². The van der Waals surface area contributed by atoms with E-state index in [2.05, 4.69) is 0 Å². The molecule has 2 nitrogen and oxygen atoms in total. The summed E-state index contributed by atoms with van der Waals surface area (Å²) in [7, 11) is 0. The molecule has 0 saturated heterocycles. The predicted octanol–water partition coefficient (Wildman–Crippen LogP) is 2.88. The van der Waals surface area contributed by atoms with E-state index >= 15 is 0 Å². The SMILES string of the molecule is N[C@@H](CCO)c1c(C(F)(F)F)ccc(Cl)c1F. The van der Waals surface area contributed by atoms with E-state index in [1.165, 1.54) is 0 Å². The molecule has 0 aromatic heterocycles. The number of aliphatic hydroxyl groups is 1. The van der Waals surface area contributed by atoms with Gasteiger partial charge in [0.15, 0.2) is 0 Å². The van der Waals surface area contributed by atoms with Crippen molar-refractivity contribution in [1.82, 2.24) is 0 Å². The lowest BCUT2D eigenvalue weighted by molar-refractivity contribution is -0.138. The number of benzene rings is 1. The van der Waals surface area contributed by atoms with Crippen molar-refractivity contribution in [3.05, 3.63) is 34.1 Å². The molecule has 0 radical (unpaired) electrons. The van der Waals surface area contributed by atoms with Crippen LogP contribution in [0.4, 0.5) is 17.6 Å². The van der Waals surface area contributed by atoms with Crippen molar-refractivity contribution in [2.24, 2.45) is 5.73 Å². The first kappa shape index (κ1) is 14.2. The smallest absolute Gasteiger partial charge is 0.396 e. The summed E-state index contributed by atoms with van der Waals surface area (Å²) in [5, 5.41) is 8.21. The third-order valence-electron chi connectivity index (χ3n) is 2.25. The third-order valence-corrected chi connectivity index (χ3v) is 2.54. The minimum atomic E-state index is -4.71. The Labute approximate surface area is 100.0 Å². The largest absolute Gasteiger partial charge is 0.416 e. The van der Waals surface area contributed by atoms with Gasteiger partial charge in [-0.3, -0.25) is 0 Å². The molecule has 1 rings (SSSR count). The fourth-order valence-corrected chi connectivity index (χ4v) is 1.62. The van der Waals surface area contributed by atoms with Crippen LogP contribution in [0.2, 0.25) is 5.02 Å². The maximum atomic E-state index is 13.6. The van der Waals surface area contributed by atoms with Crippen LogP contribution < -0.4 is 5.73 Å². The molecular formula is C10H10ClF4NO. The Kier molecular flexibility index (Phi) is 4.35. The second-order valence-electron chi connectivity index (χ2n) is 3.44. The Morgan fingerprint density at radius 3 is 2.41 bits per heavy atom. The fourth-order valence-electron chi connectivity index (χ4n) is 1.46. The van der Waals surface area contributed by atoms with Crippen LogP contribution in [0, 0.1) is 5.82 Å². The molecule has 0 unspecified atom stereocenters. The maximum Gasteiger partial charge on any atom is 0.416 e. The lowest BCUT2D eigenvalue weighted by Gasteiger charge is -2.19. The molecule has 0 bridgehead atoms. The Hall–Kier alpha value is -0.850. The number of hydrogen-bond donors (Lipinski definition) is 2. The number of aliphatic hydroxyl groups excluding tert-OH is 1. The quantitative estimate of drug-likeness (QED) is 0.831. The summed E-state index contributed by atoms with van der Waals surface area (Å²) >= 11 is 5.42. The van der Waals surface area contributed by atoms with Crippen LogP contribution in [-0.2, 0) is 6.18 Å². The van der Waals surface area contributed by atoms with Gasteiger partial charge in [0, 0.05) is 18.2 Å². The van der Waals surface area contributed by atoms with E-state index in [1.807, 2.05) is 0 Å². The Morgan fingerprint density at radius 2 is 1.94 bits per heavy atom. The Balaban J connectivity index is 3.36. The number of halogens is 5. The lowest BCUT2D eigenvalue weighted by Crippen LogP contribution is -2.20. The molecule has 0 saturated carbocycles. The van der Waals surface area contributed by atoms with E-state index in [9.17, 15) is 17.6 Å². The molecule has 96 valence electrons. The molecule has 3 N–H and O–H groups in total. The number of alkyl halides is 3. The van der Waals surface area contributed by atoms with Crippen molar-refractivity contribution in [3.8, 4) is 0 Å². The van der Waals surface area contributed by atoms with Gasteiger partial charge >= 0.3 is 6.18 Å². The summed E-state index contributed by atoms with van der Waals surface area (Å²) in [4.78, 5) is 0. The van der Waals surface area contributed by atoms with Crippen molar-refractivity contribution < 1.29 is 22.7 Å². The van der Waals surface area contributed by atoms with Crippen LogP contribution in [0.25, 0.3) is 0 Å². The first-order valence-electron chi connectivity index (χ1n) is 4.70. The normalized spacial score (nSPS) is 13.8. The highest BCUT2D eigenvalue weighted by molar-refractivity contribution is 6.30. The lowest BCUT2D eigenvalue weighted by atomic mass is 9.97. The van der Waals surface area contributed by atoms with Crippen LogP contribution in [0.15, 0.2) is 12.1 Å². The molecule has 0 aliphatic rings. The molecule has 0 spiro atoms. The summed E-state index contributed by atoms with van der Waals surface area (Å²) in [5.74, 6) is -1.19. The van der Waals surface area contributed by atoms with Crippen LogP contribution in [0.1, 0.15) is 23.6 Å². The summed E-state index contributed by atoms with van der Waals surface area (Å²) in [6.07, 6.45) is -4.89. The average molecular weight is 272 g/mol. The monoisotopic (exact) mass is 271 g/mol. The molecule has 17 heavy (non-hydrogen) atoms. The van der Waals surface area contributed by atoms with Crippen molar-refractivity contribution >= 4 is 11.6 Å². The van der Waals surface area contributed by atoms with E-state index in [0.29, 0.717) is 6.07 Å². The Bertz CT molecular complexity index is 408. The molecule has 1 aromatic carbocycles. The van der Waals surface area contributed by atoms with Gasteiger partial charge in [-0.05, 0) is 18.6 Å². The van der Waals surface area contributed by atoms with Gasteiger partial charge in [-0.2, -0.15) is 13.2 Å². The number of nitrogens with two attached hydrogens (primary N) is 1. The van der Waals surface area contributed by atoms with Gasteiger partial charge in [0.1, 0.15) is 5.82 Å². The van der Waals surface area contributed by atoms with Crippen molar-refractivity contribution in [2.75, 3.05) is 6.61 Å². The Morgan fingerprint density at radius 1 is 1.35 bits per heavy atom. The van der Waals surface area contributed by atoms with E-state index < -0.39 is 40.8 Å². The summed E-state index contributed by atoms with van der Waals surface area (Å²) < 4.78 is 51.5. The molecule has 0 fully saturated rings. The maximum absolute atomic E-state index is 13.6. The van der Waals surface area contributed by atoms with E-state index in [0.717, 1.165) is 6.07 Å². The van der Waals surface area contributed by atoms with Crippen LogP contribution in [0.5, 0.6) is 0 Å². The molecule has 1 aromatic rings. The van der Waals surface area contributed by atoms with Crippen LogP contribution in [-0.4, -0.2) is 11.7 Å². The third kappa shape index (κ3) is 3.08. The summed E-state index contributed by atoms with van der Waals surface area (Å²) in [6.45, 7) is -0.440. The number of rotatable bonds is 3. The summed E-state index contributed by atoms with van der Waals surface area (Å²) in [5.41, 5.74) is 3.54. The number of hydrogen-bond acceptors (Lipinski definition) is 2. The standard InChI is InChI=1S/C10H10ClF4NO/c11-6-2-1-5(10(13,14)15)8(9(6)12)7(16)3-4-17/h1-2,7,17H,3-4,16H2/t7-/m0/s1. The topological polar surface area (TPSA) is 46.2 Å². The fraction of sp³-hybridized carbons (Fsp3) is 0.400. The van der Waals surface area contributed by atoms with Gasteiger partial charge in [0.05, 0.1) is 10.6 Å². The van der Waals surface area contributed by atoms with Crippen LogP contribution >= 0.6 is 11.6 Å². The van der Waals surface area contributed by atoms with Crippen molar-refractivity contribution in [1.29, 1.82) is 0 Å². The second-order valence-corrected chi connectivity index (χ2v) is 3.85. The molecule has 1 atom stereocenters. The molecule has 7 heteroatoms. The van der Waals surface area contributed by atoms with Crippen molar-refractivity contribution in [3.63, 3.8) is 0 Å². The first-order chi connectivity index (χ1) is 7.79. The highest BCUT2D eigenvalue weighted by Gasteiger charge is 2.36. The van der Waals surface area contributed by atoms with Gasteiger partial charge in [0.25, 0.3) is 0 Å². The summed E-state index contributed by atoms with van der Waals surface area (Å²) in [6, 6.07) is 0.252. The zero-order valence-corrected chi connectivity index (χ0v) is 9.32. The predicted molar refractivity (Wildman–Crippen MR) is 55.0 cm³/mol. The highest BCUT2D eigenvalue weighted by atomic mass is 35.5.